The van der Waals surface area contributed by atoms with Crippen LogP contribution in [0.2, 0.25) is 0 Å². The van der Waals surface area contributed by atoms with Gasteiger partial charge in [-0.25, -0.2) is 0 Å². The molecule has 0 bridgehead atoms. The minimum absolute atomic E-state index is 0.553. The lowest BCUT2D eigenvalue weighted by Crippen LogP contribution is -2.08. The highest BCUT2D eigenvalue weighted by Crippen LogP contribution is 2.49. The molecule has 2 unspecified atom stereocenters. The number of ether oxygens (including phenoxy) is 2. The van der Waals surface area contributed by atoms with Crippen molar-refractivity contribution >= 4 is 23.5 Å². The van der Waals surface area contributed by atoms with Gasteiger partial charge in [0.25, 0.3) is 0 Å². The molecule has 0 aliphatic carbocycles. The summed E-state index contributed by atoms with van der Waals surface area (Å²) in [6, 6.07) is 18.3. The average Bonchev–Trinajstić information content (AvgIpc) is 3.00. The van der Waals surface area contributed by atoms with Crippen molar-refractivity contribution in [2.75, 3.05) is 19.0 Å². The maximum absolute atomic E-state index is 5.73. The van der Waals surface area contributed by atoms with Crippen molar-refractivity contribution in [3.05, 3.63) is 60.2 Å². The Morgan fingerprint density at radius 2 is 1.55 bits per heavy atom. The zero-order valence-corrected chi connectivity index (χ0v) is 14.2. The van der Waals surface area contributed by atoms with Crippen molar-refractivity contribution in [2.45, 2.75) is 16.8 Å². The summed E-state index contributed by atoms with van der Waals surface area (Å²) in [6.45, 7) is 3.40. The van der Waals surface area contributed by atoms with Crippen molar-refractivity contribution in [1.29, 1.82) is 0 Å². The van der Waals surface area contributed by atoms with Gasteiger partial charge in [0.05, 0.1) is 4.58 Å². The van der Waals surface area contributed by atoms with Crippen molar-refractivity contribution in [3.8, 4) is 11.5 Å². The number of thioether (sulfide) groups is 2. The molecule has 1 fully saturated rings. The summed E-state index contributed by atoms with van der Waals surface area (Å²) >= 11 is 4.08. The van der Waals surface area contributed by atoms with E-state index in [4.69, 9.17) is 9.47 Å². The van der Waals surface area contributed by atoms with Gasteiger partial charge in [-0.1, -0.05) is 37.3 Å². The van der Waals surface area contributed by atoms with E-state index in [9.17, 15) is 0 Å². The summed E-state index contributed by atoms with van der Waals surface area (Å²) in [6.07, 6.45) is 0. The van der Waals surface area contributed by atoms with Gasteiger partial charge in [-0.15, -0.1) is 23.5 Å². The number of benzene rings is 2. The first-order chi connectivity index (χ1) is 10.8. The topological polar surface area (TPSA) is 18.5 Å². The molecule has 116 valence electrons. The quantitative estimate of drug-likeness (QED) is 0.692. The number of rotatable bonds is 6. The molecule has 2 atom stereocenters. The van der Waals surface area contributed by atoms with Crippen LogP contribution in [0.5, 0.6) is 11.5 Å². The molecule has 2 nitrogen and oxygen atoms in total. The summed E-state index contributed by atoms with van der Waals surface area (Å²) in [5, 5.41) is 0.751. The molecule has 22 heavy (non-hydrogen) atoms. The predicted octanol–water partition coefficient (Wildman–Crippen LogP) is 5.01. The second kappa shape index (κ2) is 7.84. The van der Waals surface area contributed by atoms with E-state index in [0.717, 1.165) is 16.7 Å². The number of hydrogen-bond donors (Lipinski definition) is 0. The molecule has 3 rings (SSSR count). The smallest absolute Gasteiger partial charge is 0.122 e. The minimum Gasteiger partial charge on any atom is -0.490 e. The molecule has 0 spiro atoms. The van der Waals surface area contributed by atoms with Crippen molar-refractivity contribution in [3.63, 3.8) is 0 Å². The average molecular weight is 332 g/mol. The molecule has 0 amide bonds. The maximum atomic E-state index is 5.73. The Kier molecular flexibility index (Phi) is 5.57. The maximum Gasteiger partial charge on any atom is 0.122 e. The predicted molar refractivity (Wildman–Crippen MR) is 96.1 cm³/mol. The van der Waals surface area contributed by atoms with Gasteiger partial charge in [0.2, 0.25) is 0 Å². The van der Waals surface area contributed by atoms with Gasteiger partial charge in [-0.3, -0.25) is 0 Å². The Morgan fingerprint density at radius 3 is 2.14 bits per heavy atom. The molecule has 1 aliphatic heterocycles. The summed E-state index contributed by atoms with van der Waals surface area (Å²) < 4.78 is 11.9. The Morgan fingerprint density at radius 1 is 0.909 bits per heavy atom. The zero-order chi connectivity index (χ0) is 15.2. The van der Waals surface area contributed by atoms with Crippen LogP contribution in [0.3, 0.4) is 0 Å². The molecular formula is C18H20O2S2. The van der Waals surface area contributed by atoms with Gasteiger partial charge in [0.1, 0.15) is 24.7 Å². The summed E-state index contributed by atoms with van der Waals surface area (Å²) in [5.74, 6) is 3.03. The Bertz CT molecular complexity index is 571. The van der Waals surface area contributed by atoms with Crippen molar-refractivity contribution in [1.82, 2.24) is 0 Å². The van der Waals surface area contributed by atoms with E-state index in [-0.39, 0.29) is 0 Å². The van der Waals surface area contributed by atoms with Gasteiger partial charge >= 0.3 is 0 Å². The van der Waals surface area contributed by atoms with Crippen LogP contribution in [0.25, 0.3) is 0 Å². The van der Waals surface area contributed by atoms with E-state index < -0.39 is 0 Å². The molecule has 2 aromatic carbocycles. The largest absolute Gasteiger partial charge is 0.490 e. The van der Waals surface area contributed by atoms with Gasteiger partial charge in [0.15, 0.2) is 0 Å². The van der Waals surface area contributed by atoms with Crippen molar-refractivity contribution in [2.24, 2.45) is 0 Å². The van der Waals surface area contributed by atoms with Crippen LogP contribution >= 0.6 is 23.5 Å². The van der Waals surface area contributed by atoms with Crippen LogP contribution in [0.1, 0.15) is 17.1 Å². The minimum atomic E-state index is 0.553. The fraction of sp³-hybridized carbons (Fsp3) is 0.333. The molecular weight excluding hydrogens is 312 g/mol. The Hall–Kier alpha value is -1.26. The molecule has 4 heteroatoms. The summed E-state index contributed by atoms with van der Waals surface area (Å²) in [7, 11) is 0. The van der Waals surface area contributed by atoms with E-state index in [1.165, 1.54) is 11.3 Å². The third-order valence-corrected chi connectivity index (χ3v) is 6.73. The van der Waals surface area contributed by atoms with Gasteiger partial charge in [0, 0.05) is 11.0 Å². The number of hydrogen-bond acceptors (Lipinski definition) is 4. The third kappa shape index (κ3) is 4.37. The lowest BCUT2D eigenvalue weighted by atomic mass is 10.2. The molecule has 0 saturated carbocycles. The Labute approximate surface area is 140 Å². The van der Waals surface area contributed by atoms with Gasteiger partial charge in [-0.05, 0) is 29.8 Å². The lowest BCUT2D eigenvalue weighted by Gasteiger charge is -2.11. The lowest BCUT2D eigenvalue weighted by molar-refractivity contribution is 0.217. The fourth-order valence-corrected chi connectivity index (χ4v) is 5.44. The SMILES string of the molecule is CC1CSC(c2ccc(OCCOc3ccccc3)cc2)S1. The molecule has 1 aliphatic rings. The van der Waals surface area contributed by atoms with Gasteiger partial charge in [-0.2, -0.15) is 0 Å². The molecule has 2 aromatic rings. The first kappa shape index (κ1) is 15.6. The molecule has 1 heterocycles. The van der Waals surface area contributed by atoms with Crippen LogP contribution in [0.15, 0.2) is 54.6 Å². The molecule has 0 N–H and O–H groups in total. The summed E-state index contributed by atoms with van der Waals surface area (Å²) in [4.78, 5) is 0. The monoisotopic (exact) mass is 332 g/mol. The van der Waals surface area contributed by atoms with E-state index in [0.29, 0.717) is 17.8 Å². The van der Waals surface area contributed by atoms with E-state index >= 15 is 0 Å². The highest BCUT2D eigenvalue weighted by Gasteiger charge is 2.23. The highest BCUT2D eigenvalue weighted by molar-refractivity contribution is 8.19. The number of para-hydroxylation sites is 1. The van der Waals surface area contributed by atoms with Crippen LogP contribution in [0.4, 0.5) is 0 Å². The van der Waals surface area contributed by atoms with E-state index in [1.807, 2.05) is 53.9 Å². The second-order valence-electron chi connectivity index (χ2n) is 5.19. The highest BCUT2D eigenvalue weighted by atomic mass is 32.2. The van der Waals surface area contributed by atoms with E-state index in [2.05, 4.69) is 31.2 Å². The first-order valence-electron chi connectivity index (χ1n) is 7.49. The first-order valence-corrected chi connectivity index (χ1v) is 9.48. The zero-order valence-electron chi connectivity index (χ0n) is 12.6. The fourth-order valence-electron chi connectivity index (χ4n) is 2.24. The van der Waals surface area contributed by atoms with Crippen LogP contribution in [-0.2, 0) is 0 Å². The normalized spacial score (nSPS) is 20.8. The van der Waals surface area contributed by atoms with Crippen LogP contribution < -0.4 is 9.47 Å². The molecule has 0 radical (unpaired) electrons. The standard InChI is InChI=1S/C18H20O2S2/c1-14-13-21-18(22-14)15-7-9-17(10-8-15)20-12-11-19-16-5-3-2-4-6-16/h2-10,14,18H,11-13H2,1H3. The van der Waals surface area contributed by atoms with Crippen LogP contribution in [-0.4, -0.2) is 24.2 Å². The Balaban J connectivity index is 1.43. The third-order valence-electron chi connectivity index (χ3n) is 3.35. The molecule has 1 saturated heterocycles. The second-order valence-corrected chi connectivity index (χ2v) is 8.18. The van der Waals surface area contributed by atoms with Crippen molar-refractivity contribution < 1.29 is 9.47 Å². The van der Waals surface area contributed by atoms with Crippen LogP contribution in [0, 0.1) is 0 Å². The van der Waals surface area contributed by atoms with E-state index in [1.54, 1.807) is 0 Å². The summed E-state index contributed by atoms with van der Waals surface area (Å²) in [5.41, 5.74) is 1.38. The molecule has 0 aromatic heterocycles. The van der Waals surface area contributed by atoms with Gasteiger partial charge < -0.3 is 9.47 Å².